The smallest absolute Gasteiger partial charge is 0.405 e. The monoisotopic (exact) mass is 579 g/mol. The SMILES string of the molecule is C=CC(=N/C=C\C)Nc1cc(CCC)nn1C(C)(C)C.Cc1ccc(-c2cccc(C(F)(F)F)c2)cc1.NC=C1CC1. The molecule has 0 atom stereocenters. The Morgan fingerprint density at radius 3 is 2.21 bits per heavy atom. The molecule has 0 amide bonds. The molecule has 4 rings (SSSR count). The van der Waals surface area contributed by atoms with E-state index in [4.69, 9.17) is 5.73 Å². The normalized spacial score (nSPS) is 13.1. The van der Waals surface area contributed by atoms with Crippen molar-refractivity contribution < 1.29 is 13.2 Å². The van der Waals surface area contributed by atoms with Gasteiger partial charge in [-0.15, -0.1) is 0 Å². The first-order valence-electron chi connectivity index (χ1n) is 14.1. The fraction of sp³-hybridized carbons (Fsp3) is 0.353. The third kappa shape index (κ3) is 11.4. The molecule has 0 saturated heterocycles. The standard InChI is InChI=1S/C16H26N4.C14H11F3.C4H7N/c1-7-10-13-12-15(20(19-13)16(4,5)6)18-14(9-3)17-11-8-2;1-10-5-7-11(8-6-10)12-3-2-4-13(9-12)14(15,16)17;5-3-4-1-2-4/h8-9,11-12H,3,7,10H2,1-2,4-6H3,(H,17,18);2-9H,1H3;3H,1-2,5H2/b11-8-;;. The van der Waals surface area contributed by atoms with E-state index in [1.54, 1.807) is 24.5 Å². The Balaban J connectivity index is 0.000000253. The molecule has 0 bridgehead atoms. The second kappa shape index (κ2) is 15.8. The first-order chi connectivity index (χ1) is 19.8. The van der Waals surface area contributed by atoms with Crippen LogP contribution in [0.4, 0.5) is 19.0 Å². The summed E-state index contributed by atoms with van der Waals surface area (Å²) in [4.78, 5) is 4.30. The van der Waals surface area contributed by atoms with E-state index >= 15 is 0 Å². The van der Waals surface area contributed by atoms with Gasteiger partial charge in [-0.2, -0.15) is 18.3 Å². The summed E-state index contributed by atoms with van der Waals surface area (Å²) in [5.74, 6) is 1.67. The number of alkyl halides is 3. The van der Waals surface area contributed by atoms with Crippen molar-refractivity contribution in [2.75, 3.05) is 5.32 Å². The molecule has 1 heterocycles. The van der Waals surface area contributed by atoms with Gasteiger partial charge in [0.15, 0.2) is 0 Å². The van der Waals surface area contributed by atoms with Gasteiger partial charge in [-0.3, -0.25) is 0 Å². The van der Waals surface area contributed by atoms with Gasteiger partial charge in [-0.25, -0.2) is 9.67 Å². The molecule has 5 nitrogen and oxygen atoms in total. The first kappa shape index (κ1) is 34.1. The van der Waals surface area contributed by atoms with Gasteiger partial charge in [-0.1, -0.05) is 73.5 Å². The number of hydrogen-bond donors (Lipinski definition) is 2. The number of anilines is 1. The molecule has 2 aromatic carbocycles. The first-order valence-corrected chi connectivity index (χ1v) is 14.1. The van der Waals surface area contributed by atoms with Crippen LogP contribution in [0.1, 0.15) is 70.7 Å². The summed E-state index contributed by atoms with van der Waals surface area (Å²) in [6, 6.07) is 14.9. The quantitative estimate of drug-likeness (QED) is 0.226. The van der Waals surface area contributed by atoms with E-state index in [1.165, 1.54) is 30.5 Å². The van der Waals surface area contributed by atoms with Crippen LogP contribution in [0.3, 0.4) is 0 Å². The zero-order valence-corrected chi connectivity index (χ0v) is 25.6. The molecule has 1 saturated carbocycles. The Hall–Kier alpha value is -4.07. The average molecular weight is 580 g/mol. The van der Waals surface area contributed by atoms with Crippen LogP contribution in [-0.2, 0) is 18.1 Å². The summed E-state index contributed by atoms with van der Waals surface area (Å²) in [7, 11) is 0. The van der Waals surface area contributed by atoms with Crippen molar-refractivity contribution in [1.82, 2.24) is 9.78 Å². The number of benzene rings is 2. The molecule has 1 aliphatic rings. The summed E-state index contributed by atoms with van der Waals surface area (Å²) < 4.78 is 39.6. The lowest BCUT2D eigenvalue weighted by Gasteiger charge is -2.22. The van der Waals surface area contributed by atoms with Crippen LogP contribution < -0.4 is 11.1 Å². The topological polar surface area (TPSA) is 68.2 Å². The molecule has 42 heavy (non-hydrogen) atoms. The molecular weight excluding hydrogens is 535 g/mol. The van der Waals surface area contributed by atoms with Gasteiger partial charge in [0.1, 0.15) is 11.7 Å². The van der Waals surface area contributed by atoms with Crippen LogP contribution in [0, 0.1) is 6.92 Å². The third-order valence-corrected chi connectivity index (χ3v) is 6.06. The number of rotatable bonds is 6. The van der Waals surface area contributed by atoms with Crippen molar-refractivity contribution in [1.29, 1.82) is 0 Å². The molecule has 1 aliphatic carbocycles. The van der Waals surface area contributed by atoms with E-state index in [1.807, 2.05) is 48.9 Å². The number of aromatic nitrogens is 2. The predicted molar refractivity (Wildman–Crippen MR) is 170 cm³/mol. The molecule has 0 radical (unpaired) electrons. The maximum Gasteiger partial charge on any atom is 0.416 e. The highest BCUT2D eigenvalue weighted by molar-refractivity contribution is 6.03. The van der Waals surface area contributed by atoms with Crippen LogP contribution in [0.5, 0.6) is 0 Å². The summed E-state index contributed by atoms with van der Waals surface area (Å²) in [6.45, 7) is 16.2. The highest BCUT2D eigenvalue weighted by Crippen LogP contribution is 2.32. The van der Waals surface area contributed by atoms with E-state index < -0.39 is 11.7 Å². The minimum Gasteiger partial charge on any atom is -0.405 e. The number of nitrogens with zero attached hydrogens (tertiary/aromatic N) is 3. The second-order valence-corrected chi connectivity index (χ2v) is 10.9. The Morgan fingerprint density at radius 1 is 1.07 bits per heavy atom. The molecule has 0 unspecified atom stereocenters. The largest absolute Gasteiger partial charge is 0.416 e. The van der Waals surface area contributed by atoms with E-state index in [0.717, 1.165) is 47.4 Å². The Kier molecular flexibility index (Phi) is 12.8. The minimum atomic E-state index is -4.29. The average Bonchev–Trinajstić information content (AvgIpc) is 3.70. The Morgan fingerprint density at radius 2 is 1.74 bits per heavy atom. The molecule has 0 spiro atoms. The molecule has 3 aromatic rings. The number of allylic oxidation sites excluding steroid dienone is 2. The van der Waals surface area contributed by atoms with Crippen LogP contribution in [0.15, 0.2) is 96.3 Å². The van der Waals surface area contributed by atoms with Crippen LogP contribution >= 0.6 is 0 Å². The number of aryl methyl sites for hydroxylation is 2. The molecule has 1 fully saturated rings. The lowest BCUT2D eigenvalue weighted by atomic mass is 10.0. The van der Waals surface area contributed by atoms with E-state index in [0.29, 0.717) is 5.56 Å². The van der Waals surface area contributed by atoms with Gasteiger partial charge in [0.05, 0.1) is 16.8 Å². The van der Waals surface area contributed by atoms with Crippen LogP contribution in [-0.4, -0.2) is 15.6 Å². The summed E-state index contributed by atoms with van der Waals surface area (Å²) in [5.41, 5.74) is 9.34. The van der Waals surface area contributed by atoms with Gasteiger partial charge in [0, 0.05) is 12.3 Å². The van der Waals surface area contributed by atoms with Crippen molar-refractivity contribution in [3.63, 3.8) is 0 Å². The Labute approximate surface area is 248 Å². The summed E-state index contributed by atoms with van der Waals surface area (Å²) in [6.07, 6.45) is 7.30. The minimum absolute atomic E-state index is 0.0821. The molecule has 8 heteroatoms. The fourth-order valence-electron chi connectivity index (χ4n) is 3.69. The lowest BCUT2D eigenvalue weighted by Crippen LogP contribution is -2.26. The molecule has 3 N–H and O–H groups in total. The van der Waals surface area contributed by atoms with Crippen LogP contribution in [0.2, 0.25) is 0 Å². The van der Waals surface area contributed by atoms with E-state index in [2.05, 4.69) is 55.7 Å². The van der Waals surface area contributed by atoms with E-state index in [-0.39, 0.29) is 5.54 Å². The van der Waals surface area contributed by atoms with Gasteiger partial charge in [0.25, 0.3) is 0 Å². The lowest BCUT2D eigenvalue weighted by molar-refractivity contribution is -0.137. The summed E-state index contributed by atoms with van der Waals surface area (Å²) >= 11 is 0. The van der Waals surface area contributed by atoms with Crippen molar-refractivity contribution in [2.24, 2.45) is 10.7 Å². The zero-order valence-electron chi connectivity index (χ0n) is 25.6. The molecule has 0 aliphatic heterocycles. The maximum atomic E-state index is 12.5. The second-order valence-electron chi connectivity index (χ2n) is 10.9. The highest BCUT2D eigenvalue weighted by atomic mass is 19.4. The van der Waals surface area contributed by atoms with Gasteiger partial charge in [0.2, 0.25) is 0 Å². The molecule has 1 aromatic heterocycles. The third-order valence-electron chi connectivity index (χ3n) is 6.06. The highest BCUT2D eigenvalue weighted by Gasteiger charge is 2.30. The molecule has 226 valence electrons. The number of amidine groups is 1. The number of hydrogen-bond acceptors (Lipinski definition) is 3. The zero-order chi connectivity index (χ0) is 31.3. The van der Waals surface area contributed by atoms with Crippen molar-refractivity contribution >= 4 is 11.7 Å². The molecular formula is C34H44F3N5. The summed E-state index contributed by atoms with van der Waals surface area (Å²) in [5, 5.41) is 7.98. The van der Waals surface area contributed by atoms with Crippen molar-refractivity contribution in [2.45, 2.75) is 78.9 Å². The fourth-order valence-corrected chi connectivity index (χ4v) is 3.69. The van der Waals surface area contributed by atoms with Crippen molar-refractivity contribution in [3.8, 4) is 11.1 Å². The van der Waals surface area contributed by atoms with E-state index in [9.17, 15) is 13.2 Å². The van der Waals surface area contributed by atoms with Gasteiger partial charge in [-0.05, 0) is 89.4 Å². The number of halogens is 3. The maximum absolute atomic E-state index is 12.5. The van der Waals surface area contributed by atoms with Crippen molar-refractivity contribution in [3.05, 3.63) is 108 Å². The van der Waals surface area contributed by atoms with Gasteiger partial charge >= 0.3 is 6.18 Å². The number of aliphatic imine (C=N–C) groups is 1. The van der Waals surface area contributed by atoms with Crippen LogP contribution in [0.25, 0.3) is 11.1 Å². The Bertz CT molecular complexity index is 1370. The van der Waals surface area contributed by atoms with Gasteiger partial charge < -0.3 is 11.1 Å². The number of nitrogens with one attached hydrogen (secondary N) is 1. The predicted octanol–water partition coefficient (Wildman–Crippen LogP) is 9.42. The number of nitrogens with two attached hydrogens (primary N) is 1.